The maximum absolute atomic E-state index is 11.8. The summed E-state index contributed by atoms with van der Waals surface area (Å²) in [6, 6.07) is 2.22. The third-order valence-electron chi connectivity index (χ3n) is 3.77. The Morgan fingerprint density at radius 3 is 2.58 bits per heavy atom. The van der Waals surface area contributed by atoms with Crippen molar-refractivity contribution >= 4 is 5.78 Å². The van der Waals surface area contributed by atoms with E-state index in [0.717, 1.165) is 19.3 Å². The van der Waals surface area contributed by atoms with E-state index < -0.39 is 5.41 Å². The molecule has 2 aliphatic carbocycles. The molecule has 0 heterocycles. The van der Waals surface area contributed by atoms with Crippen LogP contribution in [0.25, 0.3) is 0 Å². The summed E-state index contributed by atoms with van der Waals surface area (Å²) in [6.45, 7) is 3.97. The van der Waals surface area contributed by atoms with Gasteiger partial charge in [0.15, 0.2) is 5.78 Å². The SMILES string of the molecule is CC1(C)C(=O)[C@@]2(C#N)CC[C@@H]1C2. The van der Waals surface area contributed by atoms with Gasteiger partial charge in [0.05, 0.1) is 6.07 Å². The van der Waals surface area contributed by atoms with Crippen LogP contribution in [-0.4, -0.2) is 5.78 Å². The number of rotatable bonds is 0. The zero-order chi connectivity index (χ0) is 8.98. The first-order valence-corrected chi connectivity index (χ1v) is 4.49. The van der Waals surface area contributed by atoms with Crippen LogP contribution >= 0.6 is 0 Å². The highest BCUT2D eigenvalue weighted by Gasteiger charge is 2.61. The summed E-state index contributed by atoms with van der Waals surface area (Å²) in [5.41, 5.74) is -0.817. The Hall–Kier alpha value is -0.840. The molecule has 0 N–H and O–H groups in total. The highest BCUT2D eigenvalue weighted by molar-refractivity contribution is 5.95. The lowest BCUT2D eigenvalue weighted by Crippen LogP contribution is -2.36. The van der Waals surface area contributed by atoms with Crippen molar-refractivity contribution in [1.29, 1.82) is 5.26 Å². The topological polar surface area (TPSA) is 40.9 Å². The molecule has 2 nitrogen and oxygen atoms in total. The van der Waals surface area contributed by atoms with Crippen LogP contribution in [0.15, 0.2) is 0 Å². The van der Waals surface area contributed by atoms with E-state index in [0.29, 0.717) is 5.92 Å². The van der Waals surface area contributed by atoms with Gasteiger partial charge in [-0.1, -0.05) is 13.8 Å². The molecule has 2 heteroatoms. The Kier molecular flexibility index (Phi) is 1.24. The molecule has 0 spiro atoms. The van der Waals surface area contributed by atoms with Gasteiger partial charge in [-0.2, -0.15) is 5.26 Å². The summed E-state index contributed by atoms with van der Waals surface area (Å²) < 4.78 is 0. The number of hydrogen-bond acceptors (Lipinski definition) is 2. The van der Waals surface area contributed by atoms with Gasteiger partial charge < -0.3 is 0 Å². The molecule has 2 fully saturated rings. The van der Waals surface area contributed by atoms with Crippen LogP contribution in [0.5, 0.6) is 0 Å². The molecule has 12 heavy (non-hydrogen) atoms. The minimum Gasteiger partial charge on any atom is -0.297 e. The predicted molar refractivity (Wildman–Crippen MR) is 44.2 cm³/mol. The van der Waals surface area contributed by atoms with E-state index in [9.17, 15) is 4.79 Å². The fourth-order valence-corrected chi connectivity index (χ4v) is 2.82. The number of nitrogens with zero attached hydrogens (tertiary/aromatic N) is 1. The number of carbonyl (C=O) groups is 1. The molecular formula is C10H13NO. The fourth-order valence-electron chi connectivity index (χ4n) is 2.82. The van der Waals surface area contributed by atoms with Crippen LogP contribution in [0.2, 0.25) is 0 Å². The maximum atomic E-state index is 11.8. The predicted octanol–water partition coefficient (Wildman–Crippen LogP) is 1.91. The molecule has 2 atom stereocenters. The first kappa shape index (κ1) is 7.79. The van der Waals surface area contributed by atoms with Crippen LogP contribution in [-0.2, 0) is 4.79 Å². The summed E-state index contributed by atoms with van der Waals surface area (Å²) in [7, 11) is 0. The Balaban J connectivity index is 2.47. The van der Waals surface area contributed by atoms with Crippen LogP contribution in [0.3, 0.4) is 0 Å². The zero-order valence-corrected chi connectivity index (χ0v) is 7.55. The summed E-state index contributed by atoms with van der Waals surface area (Å²) >= 11 is 0. The molecule has 0 amide bonds. The van der Waals surface area contributed by atoms with E-state index in [1.165, 1.54) is 0 Å². The minimum atomic E-state index is -0.589. The summed E-state index contributed by atoms with van der Waals surface area (Å²) in [6.07, 6.45) is 2.68. The fraction of sp³-hybridized carbons (Fsp3) is 0.800. The van der Waals surface area contributed by atoms with Gasteiger partial charge in [0, 0.05) is 5.41 Å². The molecule has 2 bridgehead atoms. The highest BCUT2D eigenvalue weighted by Crippen LogP contribution is 2.59. The Morgan fingerprint density at radius 1 is 1.58 bits per heavy atom. The minimum absolute atomic E-state index is 0.189. The smallest absolute Gasteiger partial charge is 0.158 e. The molecule has 2 saturated carbocycles. The molecule has 0 saturated heterocycles. The molecule has 0 unspecified atom stereocenters. The molecule has 2 aliphatic rings. The molecule has 0 aromatic rings. The van der Waals surface area contributed by atoms with E-state index in [2.05, 4.69) is 6.07 Å². The van der Waals surface area contributed by atoms with E-state index in [1.54, 1.807) is 0 Å². The van der Waals surface area contributed by atoms with Crippen LogP contribution in [0.1, 0.15) is 33.1 Å². The Morgan fingerprint density at radius 2 is 2.25 bits per heavy atom. The number of ketones is 1. The summed E-state index contributed by atoms with van der Waals surface area (Å²) in [4.78, 5) is 11.8. The second-order valence-corrected chi connectivity index (χ2v) is 4.68. The van der Waals surface area contributed by atoms with Crippen molar-refractivity contribution in [3.8, 4) is 6.07 Å². The molecule has 64 valence electrons. The number of carbonyl (C=O) groups excluding carboxylic acids is 1. The number of Topliss-reactive ketones (excluding diaryl/α,β-unsaturated/α-hetero) is 1. The molecule has 0 aromatic carbocycles. The van der Waals surface area contributed by atoms with Gasteiger partial charge in [-0.15, -0.1) is 0 Å². The van der Waals surface area contributed by atoms with E-state index in [4.69, 9.17) is 5.26 Å². The second-order valence-electron chi connectivity index (χ2n) is 4.68. The van der Waals surface area contributed by atoms with Gasteiger partial charge in [-0.25, -0.2) is 0 Å². The van der Waals surface area contributed by atoms with Gasteiger partial charge in [0.2, 0.25) is 0 Å². The number of nitriles is 1. The Labute approximate surface area is 72.6 Å². The second kappa shape index (κ2) is 1.90. The van der Waals surface area contributed by atoms with Crippen molar-refractivity contribution in [1.82, 2.24) is 0 Å². The monoisotopic (exact) mass is 163 g/mol. The maximum Gasteiger partial charge on any atom is 0.158 e. The van der Waals surface area contributed by atoms with Gasteiger partial charge in [-0.3, -0.25) is 4.79 Å². The normalized spacial score (nSPS) is 43.1. The number of hydrogen-bond donors (Lipinski definition) is 0. The third-order valence-corrected chi connectivity index (χ3v) is 3.77. The largest absolute Gasteiger partial charge is 0.297 e. The Bertz CT molecular complexity index is 287. The van der Waals surface area contributed by atoms with Gasteiger partial charge in [0.25, 0.3) is 0 Å². The van der Waals surface area contributed by atoms with Crippen molar-refractivity contribution < 1.29 is 4.79 Å². The first-order chi connectivity index (χ1) is 5.53. The van der Waals surface area contributed by atoms with E-state index in [-0.39, 0.29) is 11.2 Å². The van der Waals surface area contributed by atoms with Gasteiger partial charge in [-0.05, 0) is 25.2 Å². The van der Waals surface area contributed by atoms with Crippen molar-refractivity contribution in [2.75, 3.05) is 0 Å². The van der Waals surface area contributed by atoms with Crippen molar-refractivity contribution in [2.45, 2.75) is 33.1 Å². The van der Waals surface area contributed by atoms with Gasteiger partial charge >= 0.3 is 0 Å². The first-order valence-electron chi connectivity index (χ1n) is 4.49. The van der Waals surface area contributed by atoms with E-state index in [1.807, 2.05) is 13.8 Å². The lowest BCUT2D eigenvalue weighted by molar-refractivity contribution is -0.133. The van der Waals surface area contributed by atoms with Crippen LogP contribution in [0, 0.1) is 28.1 Å². The molecule has 0 radical (unpaired) electrons. The molecule has 0 aliphatic heterocycles. The van der Waals surface area contributed by atoms with E-state index >= 15 is 0 Å². The standard InChI is InChI=1S/C10H13NO/c1-9(2)7-3-4-10(5-7,6-11)8(9)12/h7H,3-5H2,1-2H3/t7-,10+/m1/s1. The van der Waals surface area contributed by atoms with Crippen molar-refractivity contribution in [2.24, 2.45) is 16.7 Å². The molecule has 2 rings (SSSR count). The average molecular weight is 163 g/mol. The highest BCUT2D eigenvalue weighted by atomic mass is 16.1. The number of fused-ring (bicyclic) bond motifs is 2. The molecule has 0 aromatic heterocycles. The quantitative estimate of drug-likeness (QED) is 0.547. The van der Waals surface area contributed by atoms with Crippen LogP contribution < -0.4 is 0 Å². The molecular weight excluding hydrogens is 150 g/mol. The summed E-state index contributed by atoms with van der Waals surface area (Å²) in [5.74, 6) is 0.651. The van der Waals surface area contributed by atoms with Crippen molar-refractivity contribution in [3.63, 3.8) is 0 Å². The third kappa shape index (κ3) is 0.628. The zero-order valence-electron chi connectivity index (χ0n) is 7.55. The van der Waals surface area contributed by atoms with Crippen molar-refractivity contribution in [3.05, 3.63) is 0 Å². The summed E-state index contributed by atoms with van der Waals surface area (Å²) in [5, 5.41) is 8.98. The lowest BCUT2D eigenvalue weighted by atomic mass is 9.71. The van der Waals surface area contributed by atoms with Crippen LogP contribution in [0.4, 0.5) is 0 Å². The average Bonchev–Trinajstić information content (AvgIpc) is 2.53. The lowest BCUT2D eigenvalue weighted by Gasteiger charge is -2.29. The van der Waals surface area contributed by atoms with Gasteiger partial charge in [0.1, 0.15) is 5.41 Å².